The van der Waals surface area contributed by atoms with E-state index in [-0.39, 0.29) is 16.8 Å². The van der Waals surface area contributed by atoms with Gasteiger partial charge in [-0.1, -0.05) is 30.9 Å². The lowest BCUT2D eigenvalue weighted by molar-refractivity contribution is -0.105. The second kappa shape index (κ2) is 8.27. The number of aromatic amines is 1. The highest BCUT2D eigenvalue weighted by atomic mass is 35.5. The van der Waals surface area contributed by atoms with Gasteiger partial charge in [0.2, 0.25) is 6.41 Å². The summed E-state index contributed by atoms with van der Waals surface area (Å²) in [6.07, 6.45) is 11.4. The van der Waals surface area contributed by atoms with Crippen molar-refractivity contribution in [1.82, 2.24) is 24.6 Å². The monoisotopic (exact) mass is 429 g/mol. The maximum atomic E-state index is 15.0. The third-order valence-electron chi connectivity index (χ3n) is 4.38. The predicted molar refractivity (Wildman–Crippen MR) is 115 cm³/mol. The Bertz CT molecular complexity index is 1210. The third kappa shape index (κ3) is 3.93. The van der Waals surface area contributed by atoms with E-state index in [0.717, 1.165) is 0 Å². The van der Waals surface area contributed by atoms with Crippen molar-refractivity contribution in [1.29, 1.82) is 0 Å². The molecule has 156 valence electrons. The Morgan fingerprint density at radius 2 is 2.03 bits per heavy atom. The van der Waals surface area contributed by atoms with Crippen LogP contribution in [0.2, 0.25) is 5.02 Å². The number of carbonyl (C=O) groups is 1. The lowest BCUT2D eigenvalue weighted by atomic mass is 10.1. The largest absolute Gasteiger partial charge is 0.379 e. The number of hydrogen-bond acceptors (Lipinski definition) is 5. The highest BCUT2D eigenvalue weighted by Crippen LogP contribution is 2.40. The van der Waals surface area contributed by atoms with Gasteiger partial charge >= 0.3 is 0 Å². The van der Waals surface area contributed by atoms with E-state index in [2.05, 4.69) is 30.8 Å². The number of halogens is 2. The molecule has 0 saturated heterocycles. The Morgan fingerprint density at radius 1 is 1.27 bits per heavy atom. The Hall–Kier alpha value is -3.20. The molecule has 1 saturated carbocycles. The Labute approximate surface area is 176 Å². The van der Waals surface area contributed by atoms with Crippen LogP contribution in [0, 0.1) is 5.82 Å². The van der Waals surface area contributed by atoms with Crippen molar-refractivity contribution < 1.29 is 9.18 Å². The van der Waals surface area contributed by atoms with E-state index in [9.17, 15) is 9.18 Å². The number of carbonyl (C=O) groups excluding carboxylic acids is 1. The molecule has 1 aromatic carbocycles. The molecule has 0 bridgehead atoms. The lowest BCUT2D eigenvalue weighted by Crippen LogP contribution is -2.12. The predicted octanol–water partition coefficient (Wildman–Crippen LogP) is 4.62. The number of H-pyrrole nitrogens is 1. The van der Waals surface area contributed by atoms with Gasteiger partial charge in [0.05, 0.1) is 40.5 Å². The molecule has 4 aromatic rings. The molecule has 1 fully saturated rings. The van der Waals surface area contributed by atoms with Crippen LogP contribution in [0.3, 0.4) is 0 Å². The third-order valence-corrected chi connectivity index (χ3v) is 4.74. The van der Waals surface area contributed by atoms with E-state index in [1.54, 1.807) is 23.0 Å². The average Bonchev–Trinajstić information content (AvgIpc) is 3.43. The molecule has 5 rings (SSSR count). The van der Waals surface area contributed by atoms with Crippen LogP contribution >= 0.6 is 11.6 Å². The van der Waals surface area contributed by atoms with Crippen molar-refractivity contribution in [2.45, 2.75) is 39.2 Å². The molecular formula is C20H21ClFN7O. The molecule has 10 heteroatoms. The number of rotatable bonds is 5. The molecule has 3 N–H and O–H groups in total. The Morgan fingerprint density at radius 3 is 2.70 bits per heavy atom. The van der Waals surface area contributed by atoms with Gasteiger partial charge in [-0.25, -0.2) is 9.37 Å². The lowest BCUT2D eigenvalue weighted by Gasteiger charge is -2.15. The van der Waals surface area contributed by atoms with E-state index in [1.165, 1.54) is 25.5 Å². The highest BCUT2D eigenvalue weighted by Gasteiger charge is 2.22. The summed E-state index contributed by atoms with van der Waals surface area (Å²) in [5.74, 6) is -0.195. The van der Waals surface area contributed by atoms with E-state index < -0.39 is 5.82 Å². The number of nitrogens with one attached hydrogen (secondary N) is 3. The van der Waals surface area contributed by atoms with Gasteiger partial charge in [-0.3, -0.25) is 14.9 Å². The highest BCUT2D eigenvalue weighted by molar-refractivity contribution is 6.35. The number of imidazole rings is 1. The Balaban J connectivity index is 0.000000667. The summed E-state index contributed by atoms with van der Waals surface area (Å²) >= 11 is 6.38. The first-order valence-electron chi connectivity index (χ1n) is 9.65. The van der Waals surface area contributed by atoms with Gasteiger partial charge in [-0.2, -0.15) is 5.10 Å². The van der Waals surface area contributed by atoms with Crippen molar-refractivity contribution in [3.05, 3.63) is 35.6 Å². The van der Waals surface area contributed by atoms with Crippen LogP contribution in [0.1, 0.15) is 33.1 Å². The van der Waals surface area contributed by atoms with Gasteiger partial charge in [0, 0.05) is 23.2 Å². The molecule has 0 atom stereocenters. The normalized spacial score (nSPS) is 12.7. The van der Waals surface area contributed by atoms with Gasteiger partial charge in [-0.15, -0.1) is 0 Å². The van der Waals surface area contributed by atoms with Crippen molar-refractivity contribution in [2.24, 2.45) is 0 Å². The van der Waals surface area contributed by atoms with Crippen LogP contribution in [-0.4, -0.2) is 37.0 Å². The molecular weight excluding hydrogens is 409 g/mol. The zero-order chi connectivity index (χ0) is 21.3. The number of amides is 1. The number of benzene rings is 1. The van der Waals surface area contributed by atoms with Gasteiger partial charge in [0.1, 0.15) is 0 Å². The minimum Gasteiger partial charge on any atom is -0.379 e. The molecule has 1 aliphatic rings. The number of hydrogen-bond donors (Lipinski definition) is 3. The fourth-order valence-corrected chi connectivity index (χ4v) is 3.24. The first-order valence-corrected chi connectivity index (χ1v) is 10.0. The summed E-state index contributed by atoms with van der Waals surface area (Å²) in [4.78, 5) is 19.2. The number of anilines is 2. The summed E-state index contributed by atoms with van der Waals surface area (Å²) in [7, 11) is 0. The standard InChI is InChI=1S/C17H15ClFN7O.C3H6/c1-8(2)23-17-15(19)14(18)13(9-3-22-25-16(9)17)10-5-26-6-11(21-7-27)24-12(26)4-20-10;1-2-3-1/h3-8,23H,1-2H3,(H,21,27)(H,22,25);1-3H2. The van der Waals surface area contributed by atoms with Crippen molar-refractivity contribution >= 4 is 46.1 Å². The second-order valence-electron chi connectivity index (χ2n) is 7.32. The molecule has 3 aromatic heterocycles. The molecule has 30 heavy (non-hydrogen) atoms. The summed E-state index contributed by atoms with van der Waals surface area (Å²) < 4.78 is 16.7. The molecule has 0 spiro atoms. The fraction of sp³-hybridized carbons (Fsp3) is 0.300. The molecule has 3 heterocycles. The topological polar surface area (TPSA) is 100 Å². The molecule has 1 aliphatic carbocycles. The maximum absolute atomic E-state index is 15.0. The van der Waals surface area contributed by atoms with E-state index in [4.69, 9.17) is 11.6 Å². The molecule has 1 amide bonds. The van der Waals surface area contributed by atoms with E-state index >= 15 is 0 Å². The van der Waals surface area contributed by atoms with Crippen LogP contribution in [0.5, 0.6) is 0 Å². The van der Waals surface area contributed by atoms with Crippen LogP contribution in [0.4, 0.5) is 15.9 Å². The minimum absolute atomic E-state index is 0.0112. The van der Waals surface area contributed by atoms with Crippen molar-refractivity contribution in [3.63, 3.8) is 0 Å². The van der Waals surface area contributed by atoms with Gasteiger partial charge in [-0.05, 0) is 13.8 Å². The quantitative estimate of drug-likeness (QED) is 0.402. The van der Waals surface area contributed by atoms with Gasteiger partial charge < -0.3 is 15.0 Å². The molecule has 0 radical (unpaired) electrons. The molecule has 0 aliphatic heterocycles. The SMILES string of the molecule is C1CC1.CC(C)Nc1c(F)c(Cl)c(-c2cn3cc(NC=O)nc3cn2)c2cn[nH]c12. The van der Waals surface area contributed by atoms with Crippen LogP contribution < -0.4 is 10.6 Å². The van der Waals surface area contributed by atoms with E-state index in [0.29, 0.717) is 40.0 Å². The first kappa shape index (κ1) is 20.1. The smallest absolute Gasteiger partial charge is 0.212 e. The number of nitrogens with zero attached hydrogens (tertiary/aromatic N) is 4. The average molecular weight is 430 g/mol. The van der Waals surface area contributed by atoms with E-state index in [1.807, 2.05) is 13.8 Å². The first-order chi connectivity index (χ1) is 14.5. The van der Waals surface area contributed by atoms with Crippen LogP contribution in [0.25, 0.3) is 27.8 Å². The summed E-state index contributed by atoms with van der Waals surface area (Å²) in [5.41, 5.74) is 2.18. The summed E-state index contributed by atoms with van der Waals surface area (Å²) in [5, 5.41) is 13.0. The van der Waals surface area contributed by atoms with Crippen LogP contribution in [-0.2, 0) is 4.79 Å². The number of fused-ring (bicyclic) bond motifs is 2. The minimum atomic E-state index is -0.576. The zero-order valence-electron chi connectivity index (χ0n) is 16.5. The second-order valence-corrected chi connectivity index (χ2v) is 7.70. The van der Waals surface area contributed by atoms with Gasteiger partial charge in [0.25, 0.3) is 0 Å². The molecule has 8 nitrogen and oxygen atoms in total. The number of aromatic nitrogens is 5. The fourth-order valence-electron chi connectivity index (χ4n) is 2.95. The zero-order valence-corrected chi connectivity index (χ0v) is 17.3. The van der Waals surface area contributed by atoms with Crippen LogP contribution in [0.15, 0.2) is 24.8 Å². The maximum Gasteiger partial charge on any atom is 0.212 e. The summed E-state index contributed by atoms with van der Waals surface area (Å²) in [6.45, 7) is 3.81. The molecule has 0 unspecified atom stereocenters. The van der Waals surface area contributed by atoms with Gasteiger partial charge in [0.15, 0.2) is 17.3 Å². The van der Waals surface area contributed by atoms with Crippen molar-refractivity contribution in [3.8, 4) is 11.3 Å². The Kier molecular flexibility index (Phi) is 5.54. The van der Waals surface area contributed by atoms with Crippen molar-refractivity contribution in [2.75, 3.05) is 10.6 Å². The summed E-state index contributed by atoms with van der Waals surface area (Å²) in [6, 6.07) is 0.0112.